The summed E-state index contributed by atoms with van der Waals surface area (Å²) in [6.45, 7) is 8.71. The highest BCUT2D eigenvalue weighted by atomic mass is 16.6. The molecule has 94 valence electrons. The molecule has 4 nitrogen and oxygen atoms in total. The lowest BCUT2D eigenvalue weighted by Crippen LogP contribution is -2.45. The minimum absolute atomic E-state index is 0.182. The molecule has 1 aliphatic heterocycles. The average Bonchev–Trinajstić information content (AvgIpc) is 2.15. The molecule has 1 heterocycles. The van der Waals surface area contributed by atoms with Crippen molar-refractivity contribution < 1.29 is 14.6 Å². The molecule has 1 fully saturated rings. The Kier molecular flexibility index (Phi) is 4.19. The summed E-state index contributed by atoms with van der Waals surface area (Å²) >= 11 is 0. The van der Waals surface area contributed by atoms with Crippen LogP contribution in [0.1, 0.15) is 40.5 Å². The topological polar surface area (TPSA) is 49.8 Å². The molecule has 0 bridgehead atoms. The van der Waals surface area contributed by atoms with Gasteiger partial charge < -0.3 is 14.7 Å². The molecular formula is C12H23NO3. The third-order valence-electron chi connectivity index (χ3n) is 2.79. The maximum Gasteiger partial charge on any atom is 0.410 e. The molecule has 0 radical (unpaired) electrons. The lowest BCUT2D eigenvalue weighted by atomic mass is 9.94. The average molecular weight is 229 g/mol. The first kappa shape index (κ1) is 13.3. The minimum Gasteiger partial charge on any atom is -0.444 e. The Hall–Kier alpha value is -0.770. The second kappa shape index (κ2) is 5.04. The Morgan fingerprint density at radius 2 is 2.12 bits per heavy atom. The highest BCUT2D eigenvalue weighted by Crippen LogP contribution is 2.21. The molecule has 1 aliphatic rings. The quantitative estimate of drug-likeness (QED) is 0.748. The van der Waals surface area contributed by atoms with Crippen molar-refractivity contribution in [1.29, 1.82) is 0 Å². The van der Waals surface area contributed by atoms with E-state index in [-0.39, 0.29) is 18.1 Å². The van der Waals surface area contributed by atoms with Crippen LogP contribution in [0.5, 0.6) is 0 Å². The van der Waals surface area contributed by atoms with Crippen molar-refractivity contribution in [3.8, 4) is 0 Å². The molecule has 0 aromatic carbocycles. The van der Waals surface area contributed by atoms with E-state index in [0.717, 1.165) is 19.4 Å². The molecular weight excluding hydrogens is 206 g/mol. The van der Waals surface area contributed by atoms with Crippen molar-refractivity contribution in [2.45, 2.75) is 52.2 Å². The summed E-state index contributed by atoms with van der Waals surface area (Å²) in [5.41, 5.74) is -0.450. The van der Waals surface area contributed by atoms with Gasteiger partial charge in [0.15, 0.2) is 0 Å². The zero-order chi connectivity index (χ0) is 12.3. The first-order valence-electron chi connectivity index (χ1n) is 5.95. The summed E-state index contributed by atoms with van der Waals surface area (Å²) in [4.78, 5) is 13.5. The van der Waals surface area contributed by atoms with Crippen molar-refractivity contribution in [1.82, 2.24) is 4.90 Å². The largest absolute Gasteiger partial charge is 0.444 e. The number of likely N-dealkylation sites (tertiary alicyclic amines) is 1. The highest BCUT2D eigenvalue weighted by Gasteiger charge is 2.29. The van der Waals surface area contributed by atoms with Gasteiger partial charge in [0, 0.05) is 19.0 Å². The molecule has 0 spiro atoms. The van der Waals surface area contributed by atoms with Crippen molar-refractivity contribution in [2.24, 2.45) is 5.92 Å². The number of piperidine rings is 1. The van der Waals surface area contributed by atoms with Gasteiger partial charge in [-0.1, -0.05) is 0 Å². The standard InChI is InChI=1S/C12H23NO3/c1-9(14)10-6-5-7-13(8-10)11(15)16-12(2,3)4/h9-10,14H,5-8H2,1-4H3/t9-,10-/m0/s1. The van der Waals surface area contributed by atoms with Gasteiger partial charge in [0.2, 0.25) is 0 Å². The van der Waals surface area contributed by atoms with Crippen LogP contribution < -0.4 is 0 Å². The smallest absolute Gasteiger partial charge is 0.410 e. The van der Waals surface area contributed by atoms with Gasteiger partial charge in [-0.25, -0.2) is 4.79 Å². The molecule has 0 unspecified atom stereocenters. The van der Waals surface area contributed by atoms with E-state index in [1.54, 1.807) is 11.8 Å². The number of aliphatic hydroxyl groups is 1. The molecule has 1 amide bonds. The van der Waals surface area contributed by atoms with Crippen LogP contribution in [0.25, 0.3) is 0 Å². The van der Waals surface area contributed by atoms with Crippen molar-refractivity contribution in [2.75, 3.05) is 13.1 Å². The second-order valence-corrected chi connectivity index (χ2v) is 5.57. The van der Waals surface area contributed by atoms with Gasteiger partial charge in [0.1, 0.15) is 5.60 Å². The first-order valence-corrected chi connectivity index (χ1v) is 5.95. The molecule has 1 N–H and O–H groups in total. The number of hydrogen-bond acceptors (Lipinski definition) is 3. The van der Waals surface area contributed by atoms with Crippen molar-refractivity contribution >= 4 is 6.09 Å². The monoisotopic (exact) mass is 229 g/mol. The van der Waals surface area contributed by atoms with Gasteiger partial charge in [-0.05, 0) is 40.5 Å². The number of aliphatic hydroxyl groups excluding tert-OH is 1. The molecule has 1 rings (SSSR count). The van der Waals surface area contributed by atoms with Crippen LogP contribution in [0.4, 0.5) is 4.79 Å². The van der Waals surface area contributed by atoms with E-state index >= 15 is 0 Å². The highest BCUT2D eigenvalue weighted by molar-refractivity contribution is 5.68. The van der Waals surface area contributed by atoms with Crippen LogP contribution >= 0.6 is 0 Å². The van der Waals surface area contributed by atoms with Gasteiger partial charge in [-0.2, -0.15) is 0 Å². The van der Waals surface area contributed by atoms with E-state index in [2.05, 4.69) is 0 Å². The number of amides is 1. The first-order chi connectivity index (χ1) is 7.29. The Labute approximate surface area is 97.6 Å². The van der Waals surface area contributed by atoms with E-state index < -0.39 is 5.60 Å². The maximum atomic E-state index is 11.8. The zero-order valence-corrected chi connectivity index (χ0v) is 10.7. The van der Waals surface area contributed by atoms with Gasteiger partial charge in [-0.3, -0.25) is 0 Å². The van der Waals surface area contributed by atoms with E-state index in [4.69, 9.17) is 4.74 Å². The zero-order valence-electron chi connectivity index (χ0n) is 10.7. The van der Waals surface area contributed by atoms with Crippen LogP contribution in [-0.4, -0.2) is 40.9 Å². The summed E-state index contributed by atoms with van der Waals surface area (Å²) in [6, 6.07) is 0. The number of hydrogen-bond donors (Lipinski definition) is 1. The minimum atomic E-state index is -0.450. The van der Waals surface area contributed by atoms with E-state index in [0.29, 0.717) is 6.54 Å². The number of carbonyl (C=O) groups excluding carboxylic acids is 1. The fourth-order valence-corrected chi connectivity index (χ4v) is 1.90. The summed E-state index contributed by atoms with van der Waals surface area (Å²) in [7, 11) is 0. The molecule has 0 aliphatic carbocycles. The van der Waals surface area contributed by atoms with E-state index in [9.17, 15) is 9.90 Å². The van der Waals surface area contributed by atoms with E-state index in [1.165, 1.54) is 0 Å². The Morgan fingerprint density at radius 3 is 2.62 bits per heavy atom. The molecule has 2 atom stereocenters. The Bertz CT molecular complexity index is 245. The second-order valence-electron chi connectivity index (χ2n) is 5.57. The fourth-order valence-electron chi connectivity index (χ4n) is 1.90. The molecule has 0 aromatic rings. The van der Waals surface area contributed by atoms with Gasteiger partial charge in [-0.15, -0.1) is 0 Å². The molecule has 16 heavy (non-hydrogen) atoms. The van der Waals surface area contributed by atoms with Crippen LogP contribution in [0.15, 0.2) is 0 Å². The van der Waals surface area contributed by atoms with Crippen molar-refractivity contribution in [3.05, 3.63) is 0 Å². The predicted molar refractivity (Wildman–Crippen MR) is 62.2 cm³/mol. The Morgan fingerprint density at radius 1 is 1.50 bits per heavy atom. The lowest BCUT2D eigenvalue weighted by Gasteiger charge is -2.35. The van der Waals surface area contributed by atoms with Crippen molar-refractivity contribution in [3.63, 3.8) is 0 Å². The van der Waals surface area contributed by atoms with Crippen LogP contribution in [-0.2, 0) is 4.74 Å². The van der Waals surface area contributed by atoms with Gasteiger partial charge in [0.25, 0.3) is 0 Å². The number of rotatable bonds is 1. The number of ether oxygens (including phenoxy) is 1. The molecule has 0 saturated carbocycles. The molecule has 0 aromatic heterocycles. The van der Waals surface area contributed by atoms with Gasteiger partial charge >= 0.3 is 6.09 Å². The third kappa shape index (κ3) is 4.00. The lowest BCUT2D eigenvalue weighted by molar-refractivity contribution is 0.00543. The van der Waals surface area contributed by atoms with E-state index in [1.807, 2.05) is 20.8 Å². The predicted octanol–water partition coefficient (Wildman–Crippen LogP) is 2.01. The fraction of sp³-hybridized carbons (Fsp3) is 0.917. The van der Waals surface area contributed by atoms with Crippen LogP contribution in [0, 0.1) is 5.92 Å². The maximum absolute atomic E-state index is 11.8. The van der Waals surface area contributed by atoms with Crippen LogP contribution in [0.3, 0.4) is 0 Å². The Balaban J connectivity index is 2.50. The third-order valence-corrected chi connectivity index (χ3v) is 2.79. The summed E-state index contributed by atoms with van der Waals surface area (Å²) in [6.07, 6.45) is 1.30. The SMILES string of the molecule is C[C@H](O)[C@H]1CCCN(C(=O)OC(C)(C)C)C1. The molecule has 1 saturated heterocycles. The summed E-state index contributed by atoms with van der Waals surface area (Å²) < 4.78 is 5.31. The molecule has 4 heteroatoms. The normalized spacial score (nSPS) is 24.1. The number of nitrogens with zero attached hydrogens (tertiary/aromatic N) is 1. The summed E-state index contributed by atoms with van der Waals surface area (Å²) in [5.74, 6) is 0.182. The summed E-state index contributed by atoms with van der Waals surface area (Å²) in [5, 5.41) is 9.53. The van der Waals surface area contributed by atoms with Gasteiger partial charge in [0.05, 0.1) is 6.10 Å². The van der Waals surface area contributed by atoms with Crippen LogP contribution in [0.2, 0.25) is 0 Å². The number of carbonyl (C=O) groups is 1.